The number of fused-ring (bicyclic) bond motifs is 5. The van der Waals surface area contributed by atoms with Gasteiger partial charge >= 0.3 is 0 Å². The van der Waals surface area contributed by atoms with Crippen LogP contribution in [0.15, 0.2) is 77.7 Å². The van der Waals surface area contributed by atoms with Gasteiger partial charge in [0.15, 0.2) is 11.4 Å². The van der Waals surface area contributed by atoms with Gasteiger partial charge in [-0.05, 0) is 23.1 Å². The van der Waals surface area contributed by atoms with Crippen LogP contribution in [0, 0.1) is 0 Å². The van der Waals surface area contributed by atoms with Crippen LogP contribution >= 0.6 is 0 Å². The molecule has 2 aliphatic heterocycles. The number of aromatic nitrogens is 1. The molecule has 0 aliphatic carbocycles. The third-order valence-electron chi connectivity index (χ3n) is 5.70. The Balaban J connectivity index is 1.81. The molecular weight excluding hydrogens is 378 g/mol. The van der Waals surface area contributed by atoms with E-state index < -0.39 is 11.2 Å². The predicted octanol–water partition coefficient (Wildman–Crippen LogP) is 3.11. The van der Waals surface area contributed by atoms with Crippen molar-refractivity contribution in [1.29, 1.82) is 0 Å². The monoisotopic (exact) mass is 399 g/mol. The zero-order chi connectivity index (χ0) is 20.7. The summed E-state index contributed by atoms with van der Waals surface area (Å²) >= 11 is 0. The first-order chi connectivity index (χ1) is 14.6. The smallest absolute Gasteiger partial charge is 0.277 e. The standard InChI is InChI=1S/C24H21N3O3/c28-20-13-15-26-22(23(20)29)24(30)25-14-7-6-9-17-8-4-5-12-19(17)21(27(26)16-25)18-10-2-1-3-11-18/h1-6,8-13,15,21,29H,7,14,16H2/b9-6-. The normalized spacial score (nSPS) is 19.1. The summed E-state index contributed by atoms with van der Waals surface area (Å²) in [5, 5.41) is 12.5. The minimum absolute atomic E-state index is 0.0108. The van der Waals surface area contributed by atoms with Crippen molar-refractivity contribution in [3.63, 3.8) is 0 Å². The summed E-state index contributed by atoms with van der Waals surface area (Å²) in [5.74, 6) is -0.847. The van der Waals surface area contributed by atoms with E-state index in [1.54, 1.807) is 15.8 Å². The van der Waals surface area contributed by atoms with E-state index in [0.29, 0.717) is 19.6 Å². The van der Waals surface area contributed by atoms with Gasteiger partial charge in [-0.1, -0.05) is 66.7 Å². The van der Waals surface area contributed by atoms with Crippen LogP contribution in [0.1, 0.15) is 39.6 Å². The summed E-state index contributed by atoms with van der Waals surface area (Å²) in [4.78, 5) is 26.9. The fourth-order valence-corrected chi connectivity index (χ4v) is 4.27. The molecule has 1 amide bonds. The minimum atomic E-state index is -0.556. The fourth-order valence-electron chi connectivity index (χ4n) is 4.27. The maximum Gasteiger partial charge on any atom is 0.277 e. The molecule has 2 aromatic carbocycles. The Morgan fingerprint density at radius 1 is 0.933 bits per heavy atom. The average molecular weight is 399 g/mol. The van der Waals surface area contributed by atoms with Crippen LogP contribution in [-0.4, -0.2) is 33.8 Å². The first-order valence-electron chi connectivity index (χ1n) is 9.96. The first-order valence-corrected chi connectivity index (χ1v) is 9.96. The van der Waals surface area contributed by atoms with Crippen LogP contribution in [-0.2, 0) is 0 Å². The summed E-state index contributed by atoms with van der Waals surface area (Å²) in [7, 11) is 0. The van der Waals surface area contributed by atoms with E-state index in [9.17, 15) is 14.7 Å². The van der Waals surface area contributed by atoms with E-state index in [4.69, 9.17) is 0 Å². The maximum absolute atomic E-state index is 13.1. The molecule has 0 fully saturated rings. The van der Waals surface area contributed by atoms with Crippen LogP contribution in [0.2, 0.25) is 0 Å². The molecule has 0 saturated carbocycles. The largest absolute Gasteiger partial charge is 0.502 e. The van der Waals surface area contributed by atoms with Crippen LogP contribution in [0.3, 0.4) is 0 Å². The Kier molecular flexibility index (Phi) is 4.39. The number of carbonyl (C=O) groups excluding carboxylic acids is 1. The molecule has 1 N–H and O–H groups in total. The molecular formula is C24H21N3O3. The van der Waals surface area contributed by atoms with E-state index in [-0.39, 0.29) is 17.6 Å². The SMILES string of the molecule is O=C1c2c(O)c(=O)ccn2N2CN1CC/C=C\c1ccccc1C2c1ccccc1. The Bertz CT molecular complexity index is 1200. The van der Waals surface area contributed by atoms with E-state index in [0.717, 1.165) is 16.7 Å². The van der Waals surface area contributed by atoms with Crippen molar-refractivity contribution in [2.45, 2.75) is 12.5 Å². The van der Waals surface area contributed by atoms with E-state index in [1.165, 1.54) is 6.07 Å². The van der Waals surface area contributed by atoms with Crippen molar-refractivity contribution >= 4 is 12.0 Å². The molecule has 1 unspecified atom stereocenters. The number of pyridine rings is 1. The second-order valence-electron chi connectivity index (χ2n) is 7.50. The third-order valence-corrected chi connectivity index (χ3v) is 5.70. The molecule has 3 heterocycles. The van der Waals surface area contributed by atoms with Crippen LogP contribution in [0.4, 0.5) is 0 Å². The van der Waals surface area contributed by atoms with Gasteiger partial charge in [0.05, 0.1) is 6.04 Å². The van der Waals surface area contributed by atoms with Crippen molar-refractivity contribution in [2.24, 2.45) is 0 Å². The minimum Gasteiger partial charge on any atom is -0.502 e. The number of rotatable bonds is 1. The Morgan fingerprint density at radius 2 is 1.70 bits per heavy atom. The highest BCUT2D eigenvalue weighted by molar-refractivity contribution is 5.96. The van der Waals surface area contributed by atoms with Crippen molar-refractivity contribution in [3.8, 4) is 5.75 Å². The summed E-state index contributed by atoms with van der Waals surface area (Å²) < 4.78 is 1.63. The van der Waals surface area contributed by atoms with E-state index in [2.05, 4.69) is 36.4 Å². The fraction of sp³-hybridized carbons (Fsp3) is 0.167. The topological polar surface area (TPSA) is 65.8 Å². The summed E-state index contributed by atoms with van der Waals surface area (Å²) in [6, 6.07) is 19.3. The van der Waals surface area contributed by atoms with Crippen molar-refractivity contribution < 1.29 is 9.90 Å². The first kappa shape index (κ1) is 18.2. The van der Waals surface area contributed by atoms with Gasteiger partial charge in [-0.2, -0.15) is 0 Å². The molecule has 6 nitrogen and oxygen atoms in total. The highest BCUT2D eigenvalue weighted by Crippen LogP contribution is 2.34. The number of hydrogen-bond acceptors (Lipinski definition) is 4. The quantitative estimate of drug-likeness (QED) is 0.683. The lowest BCUT2D eigenvalue weighted by atomic mass is 9.93. The van der Waals surface area contributed by atoms with Gasteiger partial charge in [0.1, 0.15) is 6.67 Å². The van der Waals surface area contributed by atoms with Gasteiger partial charge in [0, 0.05) is 18.8 Å². The summed E-state index contributed by atoms with van der Waals surface area (Å²) in [5.41, 5.74) is 2.69. The number of aromatic hydroxyl groups is 1. The lowest BCUT2D eigenvalue weighted by Gasteiger charge is -2.44. The molecule has 150 valence electrons. The molecule has 2 bridgehead atoms. The molecule has 2 aliphatic rings. The average Bonchev–Trinajstić information content (AvgIpc) is 2.77. The number of amides is 1. The van der Waals surface area contributed by atoms with Crippen molar-refractivity contribution in [1.82, 2.24) is 9.58 Å². The van der Waals surface area contributed by atoms with Crippen molar-refractivity contribution in [2.75, 3.05) is 18.2 Å². The van der Waals surface area contributed by atoms with Gasteiger partial charge < -0.3 is 10.0 Å². The molecule has 6 heteroatoms. The Hall–Kier alpha value is -3.80. The summed E-state index contributed by atoms with van der Waals surface area (Å²) in [6.07, 6.45) is 6.42. The van der Waals surface area contributed by atoms with Gasteiger partial charge in [0.2, 0.25) is 5.43 Å². The molecule has 3 aromatic rings. The number of carbonyl (C=O) groups is 1. The van der Waals surface area contributed by atoms with Crippen LogP contribution < -0.4 is 10.4 Å². The van der Waals surface area contributed by atoms with Gasteiger partial charge in [-0.15, -0.1) is 0 Å². The second kappa shape index (κ2) is 7.22. The molecule has 0 saturated heterocycles. The molecule has 1 atom stereocenters. The molecule has 5 rings (SSSR count). The molecule has 0 spiro atoms. The van der Waals surface area contributed by atoms with Gasteiger partial charge in [-0.25, -0.2) is 0 Å². The highest BCUT2D eigenvalue weighted by Gasteiger charge is 2.36. The number of hydrogen-bond donors (Lipinski definition) is 1. The highest BCUT2D eigenvalue weighted by atomic mass is 16.3. The third kappa shape index (κ3) is 2.88. The number of nitrogens with zero attached hydrogens (tertiary/aromatic N) is 3. The lowest BCUT2D eigenvalue weighted by Crippen LogP contribution is -2.55. The van der Waals surface area contributed by atoms with Crippen molar-refractivity contribution in [3.05, 3.63) is 106 Å². The van der Waals surface area contributed by atoms with Gasteiger partial charge in [-0.3, -0.25) is 19.3 Å². The molecule has 1 aromatic heterocycles. The molecule has 30 heavy (non-hydrogen) atoms. The summed E-state index contributed by atoms with van der Waals surface area (Å²) in [6.45, 7) is 0.841. The van der Waals surface area contributed by atoms with Crippen LogP contribution in [0.25, 0.3) is 6.08 Å². The van der Waals surface area contributed by atoms with Gasteiger partial charge in [0.25, 0.3) is 5.91 Å². The Morgan fingerprint density at radius 3 is 2.53 bits per heavy atom. The van der Waals surface area contributed by atoms with Crippen LogP contribution in [0.5, 0.6) is 5.75 Å². The number of benzene rings is 2. The van der Waals surface area contributed by atoms with E-state index in [1.807, 2.05) is 35.3 Å². The second-order valence-corrected chi connectivity index (χ2v) is 7.50. The Labute approximate surface area is 173 Å². The predicted molar refractivity (Wildman–Crippen MR) is 115 cm³/mol. The van der Waals surface area contributed by atoms with E-state index >= 15 is 0 Å². The zero-order valence-corrected chi connectivity index (χ0v) is 16.3. The molecule has 0 radical (unpaired) electrons. The zero-order valence-electron chi connectivity index (χ0n) is 16.3. The maximum atomic E-state index is 13.1. The lowest BCUT2D eigenvalue weighted by molar-refractivity contribution is 0.0683.